The van der Waals surface area contributed by atoms with Crippen molar-refractivity contribution in [3.8, 4) is 0 Å². The normalized spacial score (nSPS) is 12.0. The monoisotopic (exact) mass is 718 g/mol. The number of alkyl carbamates (subject to hydrolysis) is 2. The number of carbonyl (C=O) groups excluding carboxylic acids is 5. The molecule has 0 aliphatic heterocycles. The molecule has 1 aromatic heterocycles. The number of hydrogen-bond donors (Lipinski definition) is 3. The molecule has 0 radical (unpaired) electrons. The van der Waals surface area contributed by atoms with Crippen LogP contribution in [-0.2, 0) is 30.3 Å². The van der Waals surface area contributed by atoms with Crippen molar-refractivity contribution < 1.29 is 38.2 Å². The molecule has 3 aromatic rings. The van der Waals surface area contributed by atoms with E-state index in [1.807, 2.05) is 0 Å². The number of aromatic nitrogens is 2. The van der Waals surface area contributed by atoms with Gasteiger partial charge in [-0.15, -0.1) is 0 Å². The van der Waals surface area contributed by atoms with Crippen LogP contribution in [0.1, 0.15) is 71.2 Å². The van der Waals surface area contributed by atoms with E-state index in [2.05, 4.69) is 25.9 Å². The summed E-state index contributed by atoms with van der Waals surface area (Å²) in [5.41, 5.74) is -0.0154. The number of benzene rings is 2. The Morgan fingerprint density at radius 3 is 2.04 bits per heavy atom. The number of nitrogens with zero attached hydrogens (tertiary/aromatic N) is 3. The van der Waals surface area contributed by atoms with Crippen LogP contribution in [-0.4, -0.2) is 69.7 Å². The molecule has 3 N–H and O–H groups in total. The van der Waals surface area contributed by atoms with Gasteiger partial charge in [0.05, 0.1) is 45.8 Å². The fourth-order valence-corrected chi connectivity index (χ4v) is 4.89. The first-order valence-electron chi connectivity index (χ1n) is 15.2. The summed E-state index contributed by atoms with van der Waals surface area (Å²) >= 11 is 12.2. The van der Waals surface area contributed by atoms with Crippen LogP contribution in [0.3, 0.4) is 0 Å². The van der Waals surface area contributed by atoms with Gasteiger partial charge in [0.1, 0.15) is 23.0 Å². The van der Waals surface area contributed by atoms with E-state index in [0.717, 1.165) is 0 Å². The van der Waals surface area contributed by atoms with Gasteiger partial charge in [0.2, 0.25) is 5.96 Å². The molecule has 3 rings (SSSR count). The zero-order valence-electron chi connectivity index (χ0n) is 28.3. The summed E-state index contributed by atoms with van der Waals surface area (Å²) in [7, 11) is 1.18. The van der Waals surface area contributed by atoms with Crippen molar-refractivity contribution >= 4 is 75.7 Å². The van der Waals surface area contributed by atoms with Crippen molar-refractivity contribution in [3.05, 3.63) is 58.3 Å². The number of halogens is 2. The van der Waals surface area contributed by atoms with Gasteiger partial charge in [0.15, 0.2) is 0 Å². The smallest absolute Gasteiger partial charge is 0.414 e. The Morgan fingerprint density at radius 1 is 0.898 bits per heavy atom. The average Bonchev–Trinajstić information content (AvgIpc) is 3.37. The zero-order valence-corrected chi connectivity index (χ0v) is 29.8. The van der Waals surface area contributed by atoms with Crippen LogP contribution in [0.25, 0.3) is 11.0 Å². The number of ketones is 1. The first-order chi connectivity index (χ1) is 22.8. The molecule has 1 heterocycles. The molecule has 0 aliphatic rings. The third kappa shape index (κ3) is 12.4. The fraction of sp³-hybridized carbons (Fsp3) is 0.424. The van der Waals surface area contributed by atoms with Crippen molar-refractivity contribution in [3.63, 3.8) is 0 Å². The second kappa shape index (κ2) is 16.6. The topological polar surface area (TPSA) is 179 Å². The Bertz CT molecular complexity index is 1690. The number of Topliss-reactive ketones (excluding diaryl/α,β-unsaturated/α-hetero) is 1. The average molecular weight is 720 g/mol. The lowest BCUT2D eigenvalue weighted by Crippen LogP contribution is -2.47. The molecule has 0 saturated heterocycles. The second-order valence-corrected chi connectivity index (χ2v) is 13.6. The number of imidazole rings is 1. The summed E-state index contributed by atoms with van der Waals surface area (Å²) in [4.78, 5) is 71.9. The van der Waals surface area contributed by atoms with E-state index in [0.29, 0.717) is 16.7 Å². The molecule has 16 heteroatoms. The number of aryl methyl sites for hydroxylation is 1. The number of guanidine groups is 1. The van der Waals surface area contributed by atoms with Crippen LogP contribution in [0.4, 0.5) is 15.3 Å². The summed E-state index contributed by atoms with van der Waals surface area (Å²) in [5, 5.41) is 7.64. The number of ether oxygens (including phenoxy) is 3. The first-order valence-corrected chi connectivity index (χ1v) is 16.0. The molecule has 0 unspecified atom stereocenters. The lowest BCUT2D eigenvalue weighted by atomic mass is 10.1. The third-order valence-corrected chi connectivity index (χ3v) is 7.04. The number of amides is 3. The highest BCUT2D eigenvalue weighted by atomic mass is 35.5. The van der Waals surface area contributed by atoms with Crippen LogP contribution < -0.4 is 16.0 Å². The zero-order chi connectivity index (χ0) is 36.5. The largest absolute Gasteiger partial charge is 0.467 e. The Hall–Kier alpha value is -4.69. The molecule has 2 aromatic carbocycles. The molecule has 14 nitrogen and oxygen atoms in total. The van der Waals surface area contributed by atoms with E-state index >= 15 is 0 Å². The van der Waals surface area contributed by atoms with Crippen LogP contribution in [0.15, 0.2) is 47.7 Å². The van der Waals surface area contributed by atoms with E-state index in [9.17, 15) is 24.0 Å². The number of esters is 1. The molecule has 3 amide bonds. The van der Waals surface area contributed by atoms with Crippen LogP contribution in [0.2, 0.25) is 10.0 Å². The molecule has 0 bridgehead atoms. The lowest BCUT2D eigenvalue weighted by molar-refractivity contribution is -0.143. The number of carbonyl (C=O) groups is 5. The number of aliphatic imine (C=N–C) groups is 1. The molecule has 0 fully saturated rings. The predicted molar refractivity (Wildman–Crippen MR) is 184 cm³/mol. The Balaban J connectivity index is 1.72. The summed E-state index contributed by atoms with van der Waals surface area (Å²) in [6.07, 6.45) is -0.0741. The quantitative estimate of drug-likeness (QED) is 0.0968. The summed E-state index contributed by atoms with van der Waals surface area (Å²) in [6, 6.07) is 8.46. The SMILES string of the molecule is COC(=O)[C@H](CCC(=O)CCn1cnc2ccc(N=C(NC(=O)OC(C)(C)C)NC(=O)OC(C)(C)C)cc21)NC(=O)c1c(Cl)cccc1Cl. The Labute approximate surface area is 293 Å². The van der Waals surface area contributed by atoms with Crippen molar-refractivity contribution in [2.75, 3.05) is 7.11 Å². The van der Waals surface area contributed by atoms with Crippen molar-refractivity contribution in [2.24, 2.45) is 4.99 Å². The third-order valence-electron chi connectivity index (χ3n) is 6.41. The van der Waals surface area contributed by atoms with Gasteiger partial charge < -0.3 is 24.1 Å². The fourth-order valence-electron chi connectivity index (χ4n) is 4.32. The molecule has 49 heavy (non-hydrogen) atoms. The van der Waals surface area contributed by atoms with Crippen molar-refractivity contribution in [1.29, 1.82) is 0 Å². The maximum atomic E-state index is 12.9. The minimum atomic E-state index is -1.11. The van der Waals surface area contributed by atoms with Gasteiger partial charge in [0, 0.05) is 19.4 Å². The van der Waals surface area contributed by atoms with E-state index in [4.69, 9.17) is 37.4 Å². The molecule has 0 spiro atoms. The highest BCUT2D eigenvalue weighted by Gasteiger charge is 2.26. The summed E-state index contributed by atoms with van der Waals surface area (Å²) < 4.78 is 17.2. The minimum Gasteiger partial charge on any atom is -0.467 e. The molecule has 0 aliphatic carbocycles. The number of rotatable bonds is 10. The summed E-state index contributed by atoms with van der Waals surface area (Å²) in [5.74, 6) is -1.80. The highest BCUT2D eigenvalue weighted by Crippen LogP contribution is 2.25. The standard InChI is InChI=1S/C33H40Cl2N6O8/c1-32(2,3)48-30(45)39-29(40-31(46)49-33(4,5)6)37-19-11-13-23-25(17-19)41(18-36-23)16-15-20(42)12-14-24(28(44)47-7)38-27(43)26-21(34)9-8-10-22(26)35/h8-11,13,17-18,24H,12,14-16H2,1-7H3,(H,38,43)(H2,37,39,40,45,46)/t24-/m0/s1. The van der Waals surface area contributed by atoms with Gasteiger partial charge in [-0.2, -0.15) is 0 Å². The van der Waals surface area contributed by atoms with Gasteiger partial charge in [-0.05, 0) is 78.3 Å². The lowest BCUT2D eigenvalue weighted by Gasteiger charge is -2.22. The first kappa shape index (κ1) is 38.8. The van der Waals surface area contributed by atoms with Gasteiger partial charge in [-0.3, -0.25) is 20.2 Å². The number of fused-ring (bicyclic) bond motifs is 1. The van der Waals surface area contributed by atoms with E-state index in [1.165, 1.54) is 19.2 Å². The Kier molecular flexibility index (Phi) is 13.1. The van der Waals surface area contributed by atoms with Crippen LogP contribution in [0, 0.1) is 0 Å². The predicted octanol–water partition coefficient (Wildman–Crippen LogP) is 6.09. The van der Waals surface area contributed by atoms with E-state index in [-0.39, 0.29) is 53.2 Å². The molecular formula is C33H40Cl2N6O8. The van der Waals surface area contributed by atoms with Gasteiger partial charge >= 0.3 is 18.2 Å². The maximum absolute atomic E-state index is 12.9. The minimum absolute atomic E-state index is 0.00937. The van der Waals surface area contributed by atoms with Crippen molar-refractivity contribution in [1.82, 2.24) is 25.5 Å². The number of nitrogens with one attached hydrogen (secondary N) is 3. The summed E-state index contributed by atoms with van der Waals surface area (Å²) in [6.45, 7) is 10.4. The number of methoxy groups -OCH3 is 1. The molecule has 0 saturated carbocycles. The van der Waals surface area contributed by atoms with Gasteiger partial charge in [-0.25, -0.2) is 24.4 Å². The second-order valence-electron chi connectivity index (χ2n) is 12.8. The van der Waals surface area contributed by atoms with Gasteiger partial charge in [0.25, 0.3) is 5.91 Å². The highest BCUT2D eigenvalue weighted by molar-refractivity contribution is 6.39. The maximum Gasteiger partial charge on any atom is 0.414 e. The number of hydrogen-bond acceptors (Lipinski definition) is 10. The Morgan fingerprint density at radius 2 is 1.49 bits per heavy atom. The molecule has 1 atom stereocenters. The van der Waals surface area contributed by atoms with Crippen LogP contribution in [0.5, 0.6) is 0 Å². The molecule has 264 valence electrons. The molecular weight excluding hydrogens is 679 g/mol. The van der Waals surface area contributed by atoms with E-state index < -0.39 is 41.3 Å². The van der Waals surface area contributed by atoms with Crippen molar-refractivity contribution in [2.45, 2.75) is 84.6 Å². The van der Waals surface area contributed by atoms with Crippen LogP contribution >= 0.6 is 23.2 Å². The van der Waals surface area contributed by atoms with E-state index in [1.54, 1.807) is 76.7 Å². The van der Waals surface area contributed by atoms with Gasteiger partial charge in [-0.1, -0.05) is 29.3 Å².